The summed E-state index contributed by atoms with van der Waals surface area (Å²) in [5, 5.41) is 13.8. The Morgan fingerprint density at radius 3 is 2.83 bits per heavy atom. The van der Waals surface area contributed by atoms with Gasteiger partial charge in [0.15, 0.2) is 5.82 Å². The third-order valence-electron chi connectivity index (χ3n) is 3.39. The van der Waals surface area contributed by atoms with Gasteiger partial charge >= 0.3 is 0 Å². The number of hydrogen-bond donors (Lipinski definition) is 1. The van der Waals surface area contributed by atoms with E-state index in [2.05, 4.69) is 15.1 Å². The first-order valence-electron chi connectivity index (χ1n) is 6.22. The van der Waals surface area contributed by atoms with Gasteiger partial charge in [-0.1, -0.05) is 5.16 Å². The molecular weight excluding hydrogens is 230 g/mol. The van der Waals surface area contributed by atoms with Crippen molar-refractivity contribution in [3.05, 3.63) is 41.8 Å². The number of rotatable bonds is 3. The zero-order valence-corrected chi connectivity index (χ0v) is 9.99. The Balaban J connectivity index is 1.74. The Morgan fingerprint density at radius 2 is 2.11 bits per heavy atom. The summed E-state index contributed by atoms with van der Waals surface area (Å²) < 4.78 is 5.25. The average molecular weight is 245 g/mol. The lowest BCUT2D eigenvalue weighted by Crippen LogP contribution is -2.11. The largest absolute Gasteiger partial charge is 0.392 e. The van der Waals surface area contributed by atoms with Crippen molar-refractivity contribution in [2.45, 2.75) is 37.7 Å². The Labute approximate surface area is 105 Å². The molecule has 1 aliphatic carbocycles. The van der Waals surface area contributed by atoms with E-state index in [1.165, 1.54) is 0 Å². The van der Waals surface area contributed by atoms with Crippen LogP contribution >= 0.6 is 0 Å². The predicted octanol–water partition coefficient (Wildman–Crippen LogP) is 1.68. The second kappa shape index (κ2) is 4.86. The van der Waals surface area contributed by atoms with Gasteiger partial charge in [-0.3, -0.25) is 4.98 Å². The summed E-state index contributed by atoms with van der Waals surface area (Å²) in [5.74, 6) is 1.25. The minimum atomic E-state index is -0.334. The number of nitrogens with zero attached hydrogens (tertiary/aromatic N) is 3. The average Bonchev–Trinajstić information content (AvgIpc) is 2.99. The molecule has 0 bridgehead atoms. The Morgan fingerprint density at radius 1 is 1.28 bits per heavy atom. The fraction of sp³-hybridized carbons (Fsp3) is 0.462. The zero-order valence-electron chi connectivity index (χ0n) is 9.99. The Hall–Kier alpha value is -1.75. The summed E-state index contributed by atoms with van der Waals surface area (Å²) in [6, 6.07) is 3.86. The van der Waals surface area contributed by atoms with Crippen LogP contribution in [0.2, 0.25) is 0 Å². The highest BCUT2D eigenvalue weighted by Crippen LogP contribution is 2.33. The van der Waals surface area contributed by atoms with Crippen LogP contribution in [0, 0.1) is 0 Å². The van der Waals surface area contributed by atoms with E-state index in [4.69, 9.17) is 4.52 Å². The summed E-state index contributed by atoms with van der Waals surface area (Å²) in [5.41, 5.74) is 1.10. The van der Waals surface area contributed by atoms with E-state index in [0.29, 0.717) is 18.1 Å². The van der Waals surface area contributed by atoms with Gasteiger partial charge in [0.05, 0.1) is 12.0 Å². The third-order valence-corrected chi connectivity index (χ3v) is 3.39. The van der Waals surface area contributed by atoms with Crippen LogP contribution in [-0.4, -0.2) is 26.3 Å². The molecule has 0 saturated heterocycles. The van der Waals surface area contributed by atoms with Gasteiger partial charge in [-0.15, -0.1) is 0 Å². The topological polar surface area (TPSA) is 72.0 Å². The summed E-state index contributed by atoms with van der Waals surface area (Å²) in [6.45, 7) is 0. The molecule has 3 rings (SSSR count). The van der Waals surface area contributed by atoms with Crippen molar-refractivity contribution >= 4 is 0 Å². The minimum absolute atomic E-state index is 0.0173. The molecule has 18 heavy (non-hydrogen) atoms. The second-order valence-corrected chi connectivity index (χ2v) is 4.69. The standard InChI is InChI=1S/C13H15N3O2/c17-11-3-1-2-10(11)13-15-12(16-18-13)8-9-4-6-14-7-5-9/h4-7,10-11,17H,1-3,8H2. The summed E-state index contributed by atoms with van der Waals surface area (Å²) >= 11 is 0. The minimum Gasteiger partial charge on any atom is -0.392 e. The second-order valence-electron chi connectivity index (χ2n) is 4.69. The van der Waals surface area contributed by atoms with Gasteiger partial charge in [0.25, 0.3) is 0 Å². The van der Waals surface area contributed by atoms with E-state index >= 15 is 0 Å². The molecule has 5 nitrogen and oxygen atoms in total. The van der Waals surface area contributed by atoms with Crippen molar-refractivity contribution in [3.63, 3.8) is 0 Å². The van der Waals surface area contributed by atoms with Crippen LogP contribution in [0.4, 0.5) is 0 Å². The summed E-state index contributed by atoms with van der Waals surface area (Å²) in [7, 11) is 0. The molecule has 1 saturated carbocycles. The fourth-order valence-electron chi connectivity index (χ4n) is 2.40. The lowest BCUT2D eigenvalue weighted by molar-refractivity contribution is 0.148. The van der Waals surface area contributed by atoms with Crippen molar-refractivity contribution in [2.24, 2.45) is 0 Å². The van der Waals surface area contributed by atoms with Crippen LogP contribution in [0.1, 0.15) is 42.5 Å². The summed E-state index contributed by atoms with van der Waals surface area (Å²) in [6.07, 6.45) is 6.57. The number of pyridine rings is 1. The highest BCUT2D eigenvalue weighted by atomic mass is 16.5. The number of aliphatic hydroxyl groups is 1. The first-order valence-corrected chi connectivity index (χ1v) is 6.22. The molecule has 1 aliphatic rings. The molecule has 0 aromatic carbocycles. The van der Waals surface area contributed by atoms with E-state index in [1.54, 1.807) is 12.4 Å². The summed E-state index contributed by atoms with van der Waals surface area (Å²) in [4.78, 5) is 8.35. The van der Waals surface area contributed by atoms with Crippen LogP contribution in [0.25, 0.3) is 0 Å². The maximum Gasteiger partial charge on any atom is 0.232 e. The monoisotopic (exact) mass is 245 g/mol. The smallest absolute Gasteiger partial charge is 0.232 e. The molecule has 0 amide bonds. The van der Waals surface area contributed by atoms with Gasteiger partial charge in [-0.25, -0.2) is 0 Å². The van der Waals surface area contributed by atoms with Gasteiger partial charge in [0, 0.05) is 18.8 Å². The highest BCUT2D eigenvalue weighted by molar-refractivity contribution is 5.15. The molecule has 2 unspecified atom stereocenters. The zero-order chi connectivity index (χ0) is 12.4. The molecule has 94 valence electrons. The van der Waals surface area contributed by atoms with Gasteiger partial charge in [-0.2, -0.15) is 4.98 Å². The molecule has 5 heteroatoms. The molecule has 2 aromatic rings. The van der Waals surface area contributed by atoms with E-state index in [-0.39, 0.29) is 12.0 Å². The fourth-order valence-corrected chi connectivity index (χ4v) is 2.40. The number of aliphatic hydroxyl groups excluding tert-OH is 1. The quantitative estimate of drug-likeness (QED) is 0.890. The third kappa shape index (κ3) is 2.26. The van der Waals surface area contributed by atoms with Crippen LogP contribution in [0.3, 0.4) is 0 Å². The number of aromatic nitrogens is 3. The van der Waals surface area contributed by atoms with Crippen LogP contribution in [0.15, 0.2) is 29.0 Å². The van der Waals surface area contributed by atoms with Crippen molar-refractivity contribution < 1.29 is 9.63 Å². The Kier molecular flexibility index (Phi) is 3.06. The van der Waals surface area contributed by atoms with E-state index < -0.39 is 0 Å². The molecule has 0 spiro atoms. The molecule has 0 radical (unpaired) electrons. The lowest BCUT2D eigenvalue weighted by Gasteiger charge is -2.07. The first kappa shape index (κ1) is 11.3. The molecule has 1 N–H and O–H groups in total. The highest BCUT2D eigenvalue weighted by Gasteiger charge is 2.31. The SMILES string of the molecule is OC1CCCC1c1nc(Cc2ccncc2)no1. The molecule has 1 fully saturated rings. The van der Waals surface area contributed by atoms with Crippen molar-refractivity contribution in [3.8, 4) is 0 Å². The van der Waals surface area contributed by atoms with Gasteiger partial charge in [0.1, 0.15) is 0 Å². The van der Waals surface area contributed by atoms with Gasteiger partial charge in [-0.05, 0) is 37.0 Å². The predicted molar refractivity (Wildman–Crippen MR) is 63.9 cm³/mol. The van der Waals surface area contributed by atoms with Crippen molar-refractivity contribution in [1.82, 2.24) is 15.1 Å². The van der Waals surface area contributed by atoms with E-state index in [9.17, 15) is 5.11 Å². The molecule has 2 aromatic heterocycles. The molecule has 0 aliphatic heterocycles. The van der Waals surface area contributed by atoms with Crippen LogP contribution in [0.5, 0.6) is 0 Å². The van der Waals surface area contributed by atoms with Crippen LogP contribution in [-0.2, 0) is 6.42 Å². The lowest BCUT2D eigenvalue weighted by atomic mass is 10.1. The molecular formula is C13H15N3O2. The maximum absolute atomic E-state index is 9.81. The van der Waals surface area contributed by atoms with Crippen molar-refractivity contribution in [1.29, 1.82) is 0 Å². The molecule has 2 atom stereocenters. The van der Waals surface area contributed by atoms with Crippen molar-refractivity contribution in [2.75, 3.05) is 0 Å². The molecule has 2 heterocycles. The van der Waals surface area contributed by atoms with E-state index in [0.717, 1.165) is 24.8 Å². The van der Waals surface area contributed by atoms with Crippen LogP contribution < -0.4 is 0 Å². The Bertz CT molecular complexity index is 512. The first-order chi connectivity index (χ1) is 8.83. The number of hydrogen-bond acceptors (Lipinski definition) is 5. The van der Waals surface area contributed by atoms with Gasteiger partial charge in [0.2, 0.25) is 5.89 Å². The van der Waals surface area contributed by atoms with E-state index in [1.807, 2.05) is 12.1 Å². The maximum atomic E-state index is 9.81. The van der Waals surface area contributed by atoms with Gasteiger partial charge < -0.3 is 9.63 Å². The normalized spacial score (nSPS) is 23.4.